The molecule has 3 amide bonds. The van der Waals surface area contributed by atoms with Crippen molar-refractivity contribution in [2.45, 2.75) is 58.2 Å². The van der Waals surface area contributed by atoms with Gasteiger partial charge in [0.15, 0.2) is 0 Å². The first-order valence-electron chi connectivity index (χ1n) is 16.0. The van der Waals surface area contributed by atoms with Crippen LogP contribution in [-0.2, 0) is 11.3 Å². The average molecular weight is 642 g/mol. The summed E-state index contributed by atoms with van der Waals surface area (Å²) >= 11 is 1.34. The van der Waals surface area contributed by atoms with Crippen molar-refractivity contribution in [2.75, 3.05) is 31.6 Å². The smallest absolute Gasteiger partial charge is 0.323 e. The van der Waals surface area contributed by atoms with Gasteiger partial charge in [-0.2, -0.15) is 0 Å². The highest BCUT2D eigenvalue weighted by Gasteiger charge is 2.42. The molecule has 2 aromatic carbocycles. The van der Waals surface area contributed by atoms with E-state index in [0.717, 1.165) is 35.6 Å². The van der Waals surface area contributed by atoms with E-state index in [2.05, 4.69) is 21.3 Å². The zero-order chi connectivity index (χ0) is 32.5. The molecule has 0 radical (unpaired) electrons. The van der Waals surface area contributed by atoms with Crippen LogP contribution in [0.1, 0.15) is 59.3 Å². The molecule has 1 saturated carbocycles. The van der Waals surface area contributed by atoms with E-state index in [1.54, 1.807) is 28.1 Å². The number of carbonyl (C=O) groups excluding carboxylic acids is 3. The zero-order valence-electron chi connectivity index (χ0n) is 26.6. The van der Waals surface area contributed by atoms with Crippen molar-refractivity contribution >= 4 is 46.2 Å². The lowest BCUT2D eigenvalue weighted by molar-refractivity contribution is -0.108. The van der Waals surface area contributed by atoms with Crippen molar-refractivity contribution in [3.63, 3.8) is 0 Å². The zero-order valence-corrected chi connectivity index (χ0v) is 27.4. The third kappa shape index (κ3) is 8.10. The molecule has 10 heteroatoms. The number of phenolic OH excluding ortho intramolecular Hbond substituents is 1. The summed E-state index contributed by atoms with van der Waals surface area (Å²) in [7, 11) is 1.99. The minimum atomic E-state index is -0.538. The van der Waals surface area contributed by atoms with Crippen LogP contribution in [-0.4, -0.2) is 71.0 Å². The standard InChI is InChI=1S/C29H35N5O3S.C7H8O/c1-32(19-23-11-5-10-22-12-6-14-30-26(22)23)20-25-33(15-7-16-35)28(36)27-24(13-17-38-27)34(25)29(37)31-18-21-8-3-2-4-9-21;1-6-2-4-7(8)5-3-6/h5-6,10-14,16-17,21,25H,2-4,7-9,15,18-20H2,1H3,(H,31,37);2-5,8H,1H3. The first kappa shape index (κ1) is 33.1. The van der Waals surface area contributed by atoms with Crippen molar-refractivity contribution < 1.29 is 19.5 Å². The van der Waals surface area contributed by atoms with E-state index >= 15 is 0 Å². The van der Waals surface area contributed by atoms with Crippen molar-refractivity contribution in [3.8, 4) is 5.75 Å². The number of aryl methyl sites for hydroxylation is 1. The number of hydrogen-bond acceptors (Lipinski definition) is 7. The summed E-state index contributed by atoms with van der Waals surface area (Å²) in [5, 5.41) is 14.9. The van der Waals surface area contributed by atoms with E-state index in [9.17, 15) is 14.4 Å². The number of phenols is 1. The van der Waals surface area contributed by atoms with Crippen LogP contribution in [0.3, 0.4) is 0 Å². The van der Waals surface area contributed by atoms with Gasteiger partial charge in [-0.15, -0.1) is 11.3 Å². The molecule has 2 aromatic heterocycles. The minimum absolute atomic E-state index is 0.126. The number of hydrogen-bond donors (Lipinski definition) is 2. The van der Waals surface area contributed by atoms with Crippen LogP contribution in [0.15, 0.2) is 72.2 Å². The van der Waals surface area contributed by atoms with Gasteiger partial charge in [0, 0.05) is 44.2 Å². The van der Waals surface area contributed by atoms with E-state index in [0.29, 0.717) is 41.9 Å². The maximum Gasteiger partial charge on any atom is 0.323 e. The number of aromatic hydroxyl groups is 1. The van der Waals surface area contributed by atoms with Crippen molar-refractivity contribution in [3.05, 3.63) is 88.2 Å². The molecule has 0 bridgehead atoms. The van der Waals surface area contributed by atoms with Crippen molar-refractivity contribution in [1.82, 2.24) is 20.1 Å². The van der Waals surface area contributed by atoms with Crippen LogP contribution >= 0.6 is 11.3 Å². The molecule has 1 unspecified atom stereocenters. The Labute approximate surface area is 274 Å². The summed E-state index contributed by atoms with van der Waals surface area (Å²) in [4.78, 5) is 49.2. The van der Waals surface area contributed by atoms with E-state index in [1.807, 2.05) is 61.8 Å². The Morgan fingerprint density at radius 2 is 1.85 bits per heavy atom. The molecule has 242 valence electrons. The predicted molar refractivity (Wildman–Crippen MR) is 183 cm³/mol. The lowest BCUT2D eigenvalue weighted by Gasteiger charge is -2.44. The number of aldehydes is 1. The normalized spacial score (nSPS) is 16.6. The summed E-state index contributed by atoms with van der Waals surface area (Å²) in [6.07, 6.45) is 8.27. The number of urea groups is 1. The predicted octanol–water partition coefficient (Wildman–Crippen LogP) is 6.60. The molecule has 46 heavy (non-hydrogen) atoms. The number of thiophene rings is 1. The third-order valence-corrected chi connectivity index (χ3v) is 9.55. The minimum Gasteiger partial charge on any atom is -0.508 e. The number of likely N-dealkylation sites (N-methyl/N-ethyl adjacent to an activating group) is 1. The van der Waals surface area contributed by atoms with Crippen LogP contribution in [0.5, 0.6) is 5.75 Å². The maximum atomic E-state index is 13.7. The van der Waals surface area contributed by atoms with Gasteiger partial charge >= 0.3 is 6.03 Å². The molecule has 0 spiro atoms. The van der Waals surface area contributed by atoms with Crippen LogP contribution in [0.25, 0.3) is 10.9 Å². The molecule has 9 nitrogen and oxygen atoms in total. The number of amides is 3. The fraction of sp³-hybridized carbons (Fsp3) is 0.389. The molecule has 2 aliphatic rings. The second kappa shape index (κ2) is 15.8. The SMILES string of the molecule is CN(Cc1cccc2cccnc12)CC1N(CCC=O)C(=O)c2sccc2N1C(=O)NCC1CCCCC1.Cc1ccc(O)cc1. The number of pyridine rings is 1. The van der Waals surface area contributed by atoms with Gasteiger partial charge in [-0.05, 0) is 67.9 Å². The number of anilines is 1. The number of para-hydroxylation sites is 1. The fourth-order valence-corrected chi connectivity index (χ4v) is 7.11. The quantitative estimate of drug-likeness (QED) is 0.200. The number of rotatable bonds is 9. The Hall–Kier alpha value is -4.28. The number of carbonyl (C=O) groups is 3. The third-order valence-electron chi connectivity index (χ3n) is 8.66. The average Bonchev–Trinajstić information content (AvgIpc) is 3.56. The van der Waals surface area contributed by atoms with Gasteiger partial charge in [0.25, 0.3) is 5.91 Å². The number of fused-ring (bicyclic) bond motifs is 2. The van der Waals surface area contributed by atoms with Crippen LogP contribution < -0.4 is 10.2 Å². The lowest BCUT2D eigenvalue weighted by atomic mass is 9.89. The number of aromatic nitrogens is 1. The van der Waals surface area contributed by atoms with Gasteiger partial charge in [-0.1, -0.05) is 61.2 Å². The molecule has 3 heterocycles. The molecule has 2 N–H and O–H groups in total. The van der Waals surface area contributed by atoms with Gasteiger partial charge in [-0.25, -0.2) is 4.79 Å². The molecular weight excluding hydrogens is 598 g/mol. The molecule has 1 atom stereocenters. The Morgan fingerprint density at radius 1 is 1.09 bits per heavy atom. The van der Waals surface area contributed by atoms with Gasteiger partial charge in [0.2, 0.25) is 0 Å². The number of nitrogens with one attached hydrogen (secondary N) is 1. The summed E-state index contributed by atoms with van der Waals surface area (Å²) in [5.74, 6) is 0.696. The Balaban J connectivity index is 0.000000455. The first-order valence-corrected chi connectivity index (χ1v) is 16.9. The van der Waals surface area contributed by atoms with E-state index in [4.69, 9.17) is 5.11 Å². The van der Waals surface area contributed by atoms with Gasteiger partial charge < -0.3 is 20.1 Å². The second-order valence-electron chi connectivity index (χ2n) is 12.2. The summed E-state index contributed by atoms with van der Waals surface area (Å²) in [5.41, 5.74) is 3.84. The molecule has 1 aliphatic carbocycles. The highest BCUT2D eigenvalue weighted by Crippen LogP contribution is 2.36. The lowest BCUT2D eigenvalue weighted by Crippen LogP contribution is -2.62. The molecular formula is C36H43N5O4S. The molecule has 6 rings (SSSR count). The largest absolute Gasteiger partial charge is 0.508 e. The fourth-order valence-electron chi connectivity index (χ4n) is 6.27. The number of benzene rings is 2. The van der Waals surface area contributed by atoms with Crippen LogP contribution in [0, 0.1) is 12.8 Å². The van der Waals surface area contributed by atoms with E-state index < -0.39 is 6.17 Å². The topological polar surface area (TPSA) is 106 Å². The second-order valence-corrected chi connectivity index (χ2v) is 13.1. The van der Waals surface area contributed by atoms with E-state index in [-0.39, 0.29) is 24.9 Å². The van der Waals surface area contributed by atoms with Crippen molar-refractivity contribution in [1.29, 1.82) is 0 Å². The molecule has 4 aromatic rings. The van der Waals surface area contributed by atoms with E-state index in [1.165, 1.54) is 36.2 Å². The van der Waals surface area contributed by atoms with Crippen molar-refractivity contribution in [2.24, 2.45) is 5.92 Å². The first-order chi connectivity index (χ1) is 22.4. The summed E-state index contributed by atoms with van der Waals surface area (Å²) in [6, 6.07) is 18.9. The highest BCUT2D eigenvalue weighted by atomic mass is 32.1. The van der Waals surface area contributed by atoms with Gasteiger partial charge in [0.1, 0.15) is 23.1 Å². The monoisotopic (exact) mass is 641 g/mol. The maximum absolute atomic E-state index is 13.7. The molecule has 1 aliphatic heterocycles. The Kier molecular flexibility index (Phi) is 11.4. The molecule has 0 saturated heterocycles. The van der Waals surface area contributed by atoms with Gasteiger partial charge in [0.05, 0.1) is 11.2 Å². The number of nitrogens with zero attached hydrogens (tertiary/aromatic N) is 4. The highest BCUT2D eigenvalue weighted by molar-refractivity contribution is 7.12. The summed E-state index contributed by atoms with van der Waals surface area (Å²) in [6.45, 7) is 3.93. The molecule has 1 fully saturated rings. The summed E-state index contributed by atoms with van der Waals surface area (Å²) < 4.78 is 0. The van der Waals surface area contributed by atoms with Gasteiger partial charge in [-0.3, -0.25) is 19.6 Å². The van der Waals surface area contributed by atoms with Crippen LogP contribution in [0.2, 0.25) is 0 Å². The Morgan fingerprint density at radius 3 is 2.59 bits per heavy atom. The Bertz CT molecular complexity index is 1590. The van der Waals surface area contributed by atoms with Crippen LogP contribution in [0.4, 0.5) is 10.5 Å².